The predicted molar refractivity (Wildman–Crippen MR) is 45.3 cm³/mol. The Morgan fingerprint density at radius 3 is 3.08 bits per heavy atom. The van der Waals surface area contributed by atoms with Crippen LogP contribution in [0.3, 0.4) is 0 Å². The predicted octanol–water partition coefficient (Wildman–Crippen LogP) is 0.818. The number of carbonyl (C=O) groups is 1. The average Bonchev–Trinajstić information content (AvgIpc) is 2.55. The molecule has 1 aliphatic heterocycles. The maximum atomic E-state index is 10.6. The first-order valence-electron chi connectivity index (χ1n) is 4.21. The quantitative estimate of drug-likeness (QED) is 0.709. The van der Waals surface area contributed by atoms with Crippen molar-refractivity contribution >= 4 is 5.97 Å². The number of carboxylic acids is 1. The van der Waals surface area contributed by atoms with Crippen LogP contribution >= 0.6 is 0 Å². The van der Waals surface area contributed by atoms with Crippen molar-refractivity contribution in [3.8, 4) is 0 Å². The van der Waals surface area contributed by atoms with Gasteiger partial charge >= 0.3 is 5.97 Å². The first-order valence-corrected chi connectivity index (χ1v) is 4.21. The largest absolute Gasteiger partial charge is 0.481 e. The van der Waals surface area contributed by atoms with Gasteiger partial charge in [0.05, 0.1) is 13.0 Å². The van der Waals surface area contributed by atoms with E-state index in [9.17, 15) is 4.79 Å². The first kappa shape index (κ1) is 8.31. The highest BCUT2D eigenvalue weighted by molar-refractivity contribution is 5.71. The van der Waals surface area contributed by atoms with Gasteiger partial charge in [0.25, 0.3) is 0 Å². The number of nitrogens with one attached hydrogen (secondary N) is 1. The van der Waals surface area contributed by atoms with E-state index in [0.29, 0.717) is 0 Å². The molecule has 0 fully saturated rings. The number of fused-ring (bicyclic) bond motifs is 1. The highest BCUT2D eigenvalue weighted by Gasteiger charge is 2.22. The molecule has 4 nitrogen and oxygen atoms in total. The van der Waals surface area contributed by atoms with Gasteiger partial charge in [-0.15, -0.1) is 0 Å². The minimum absolute atomic E-state index is 0.0619. The molecule has 0 saturated heterocycles. The number of hydrogen-bond acceptors (Lipinski definition) is 3. The lowest BCUT2D eigenvalue weighted by atomic mass is 10.1. The van der Waals surface area contributed by atoms with Crippen molar-refractivity contribution < 1.29 is 14.3 Å². The van der Waals surface area contributed by atoms with Gasteiger partial charge in [-0.25, -0.2) is 0 Å². The third-order valence-corrected chi connectivity index (χ3v) is 2.32. The van der Waals surface area contributed by atoms with Crippen molar-refractivity contribution in [3.05, 3.63) is 22.6 Å². The summed E-state index contributed by atoms with van der Waals surface area (Å²) in [7, 11) is 0. The molecular weight excluding hydrogens is 170 g/mol. The number of furan rings is 1. The summed E-state index contributed by atoms with van der Waals surface area (Å²) in [6.45, 7) is 3.27. The van der Waals surface area contributed by atoms with Gasteiger partial charge < -0.3 is 14.8 Å². The molecule has 13 heavy (non-hydrogen) atoms. The molecule has 0 atom stereocenters. The lowest BCUT2D eigenvalue weighted by Gasteiger charge is -1.97. The molecule has 0 amide bonds. The third kappa shape index (κ3) is 1.33. The fraction of sp³-hybridized carbons (Fsp3) is 0.444. The van der Waals surface area contributed by atoms with Crippen molar-refractivity contribution in [3.63, 3.8) is 0 Å². The highest BCUT2D eigenvalue weighted by atomic mass is 16.4. The summed E-state index contributed by atoms with van der Waals surface area (Å²) in [5.41, 5.74) is 1.88. The number of aliphatic carboxylic acids is 1. The fourth-order valence-electron chi connectivity index (χ4n) is 1.72. The molecule has 0 aliphatic carbocycles. The van der Waals surface area contributed by atoms with Crippen LogP contribution in [0.15, 0.2) is 4.42 Å². The number of aryl methyl sites for hydroxylation is 1. The van der Waals surface area contributed by atoms with Crippen LogP contribution < -0.4 is 5.32 Å². The van der Waals surface area contributed by atoms with Gasteiger partial charge in [0.1, 0.15) is 11.5 Å². The Morgan fingerprint density at radius 1 is 1.62 bits per heavy atom. The molecule has 0 unspecified atom stereocenters. The van der Waals surface area contributed by atoms with E-state index in [1.54, 1.807) is 0 Å². The van der Waals surface area contributed by atoms with Crippen molar-refractivity contribution in [2.75, 3.05) is 0 Å². The summed E-state index contributed by atoms with van der Waals surface area (Å²) >= 11 is 0. The third-order valence-electron chi connectivity index (χ3n) is 2.32. The normalized spacial score (nSPS) is 14.5. The molecule has 70 valence electrons. The maximum absolute atomic E-state index is 10.6. The Hall–Kier alpha value is -1.29. The molecule has 0 bridgehead atoms. The summed E-state index contributed by atoms with van der Waals surface area (Å²) < 4.78 is 5.43. The zero-order valence-corrected chi connectivity index (χ0v) is 7.39. The van der Waals surface area contributed by atoms with Crippen molar-refractivity contribution in [1.29, 1.82) is 0 Å². The van der Waals surface area contributed by atoms with E-state index >= 15 is 0 Å². The van der Waals surface area contributed by atoms with E-state index in [2.05, 4.69) is 5.32 Å². The molecule has 2 rings (SSSR count). The van der Waals surface area contributed by atoms with Crippen LogP contribution in [0.4, 0.5) is 0 Å². The number of rotatable bonds is 2. The second-order valence-electron chi connectivity index (χ2n) is 3.21. The van der Waals surface area contributed by atoms with E-state index in [4.69, 9.17) is 9.52 Å². The molecule has 1 aromatic rings. The maximum Gasteiger partial charge on any atom is 0.307 e. The van der Waals surface area contributed by atoms with Crippen LogP contribution in [0.5, 0.6) is 0 Å². The van der Waals surface area contributed by atoms with Gasteiger partial charge in [-0.3, -0.25) is 4.79 Å². The molecule has 0 aromatic carbocycles. The van der Waals surface area contributed by atoms with E-state index in [1.807, 2.05) is 6.92 Å². The topological polar surface area (TPSA) is 62.5 Å². The molecule has 0 radical (unpaired) electrons. The van der Waals surface area contributed by atoms with Crippen molar-refractivity contribution in [2.45, 2.75) is 26.4 Å². The molecule has 0 saturated carbocycles. The van der Waals surface area contributed by atoms with Gasteiger partial charge in [0.2, 0.25) is 0 Å². The van der Waals surface area contributed by atoms with Crippen LogP contribution in [0.2, 0.25) is 0 Å². The smallest absolute Gasteiger partial charge is 0.307 e. The lowest BCUT2D eigenvalue weighted by Crippen LogP contribution is -2.06. The Morgan fingerprint density at radius 2 is 2.38 bits per heavy atom. The van der Waals surface area contributed by atoms with Gasteiger partial charge in [-0.05, 0) is 6.92 Å². The monoisotopic (exact) mass is 181 g/mol. The number of hydrogen-bond donors (Lipinski definition) is 2. The van der Waals surface area contributed by atoms with Crippen LogP contribution in [0.1, 0.15) is 22.6 Å². The second kappa shape index (κ2) is 2.88. The first-order chi connectivity index (χ1) is 6.18. The van der Waals surface area contributed by atoms with Crippen LogP contribution in [-0.2, 0) is 24.3 Å². The molecule has 0 spiro atoms. The molecule has 1 aliphatic rings. The van der Waals surface area contributed by atoms with Gasteiger partial charge in [-0.2, -0.15) is 0 Å². The minimum Gasteiger partial charge on any atom is -0.481 e. The standard InChI is InChI=1S/C9H11NO3/c1-5-6(2-9(11)12)7-3-10-4-8(7)13-5/h10H,2-4H2,1H3,(H,11,12). The van der Waals surface area contributed by atoms with Crippen molar-refractivity contribution in [1.82, 2.24) is 5.32 Å². The Labute approximate surface area is 75.6 Å². The molecule has 4 heteroatoms. The van der Waals surface area contributed by atoms with Gasteiger partial charge in [0, 0.05) is 17.7 Å². The molecule has 1 aromatic heterocycles. The lowest BCUT2D eigenvalue weighted by molar-refractivity contribution is -0.136. The zero-order valence-electron chi connectivity index (χ0n) is 7.39. The fourth-order valence-corrected chi connectivity index (χ4v) is 1.72. The Kier molecular flexibility index (Phi) is 1.84. The number of carboxylic acid groups (broad SMARTS) is 1. The summed E-state index contributed by atoms with van der Waals surface area (Å²) in [4.78, 5) is 10.6. The van der Waals surface area contributed by atoms with E-state index in [-0.39, 0.29) is 6.42 Å². The van der Waals surface area contributed by atoms with E-state index in [1.165, 1.54) is 0 Å². The van der Waals surface area contributed by atoms with Crippen LogP contribution in [0, 0.1) is 6.92 Å². The Bertz CT molecular complexity index is 354. The van der Waals surface area contributed by atoms with Crippen LogP contribution in [0.25, 0.3) is 0 Å². The molecular formula is C9H11NO3. The molecule has 2 N–H and O–H groups in total. The zero-order chi connectivity index (χ0) is 9.42. The molecule has 2 heterocycles. The summed E-state index contributed by atoms with van der Waals surface area (Å²) in [6, 6.07) is 0. The minimum atomic E-state index is -0.807. The summed E-state index contributed by atoms with van der Waals surface area (Å²) in [6.07, 6.45) is 0.0619. The second-order valence-corrected chi connectivity index (χ2v) is 3.21. The van der Waals surface area contributed by atoms with E-state index in [0.717, 1.165) is 35.7 Å². The SMILES string of the molecule is Cc1oc2c(c1CC(=O)O)CNC2. The Balaban J connectivity index is 2.38. The van der Waals surface area contributed by atoms with Gasteiger partial charge in [0.15, 0.2) is 0 Å². The summed E-state index contributed by atoms with van der Waals surface area (Å²) in [5.74, 6) is 0.834. The van der Waals surface area contributed by atoms with Gasteiger partial charge in [-0.1, -0.05) is 0 Å². The summed E-state index contributed by atoms with van der Waals surface area (Å²) in [5, 5.41) is 11.8. The van der Waals surface area contributed by atoms with Crippen LogP contribution in [-0.4, -0.2) is 11.1 Å². The average molecular weight is 181 g/mol. The van der Waals surface area contributed by atoms with Crippen molar-refractivity contribution in [2.24, 2.45) is 0 Å². The van der Waals surface area contributed by atoms with E-state index < -0.39 is 5.97 Å². The highest BCUT2D eigenvalue weighted by Crippen LogP contribution is 2.26.